The van der Waals surface area contributed by atoms with Crippen molar-refractivity contribution in [3.05, 3.63) is 107 Å². The van der Waals surface area contributed by atoms with E-state index in [1.54, 1.807) is 0 Å². The van der Waals surface area contributed by atoms with Gasteiger partial charge in [-0.3, -0.25) is 9.59 Å². The van der Waals surface area contributed by atoms with Gasteiger partial charge in [-0.2, -0.15) is 0 Å². The van der Waals surface area contributed by atoms with Crippen LogP contribution in [0.4, 0.5) is 0 Å². The normalized spacial score (nSPS) is 34.3. The SMILES string of the molecule is C[C@]12C(=O)[C@@H]3[C@@H](c4ccc(Cl)cc4)C[C@]3(C)C(=O)[C@H]1C2(c1ccccc1)c1ccccc1. The van der Waals surface area contributed by atoms with Crippen molar-refractivity contribution < 1.29 is 9.59 Å². The van der Waals surface area contributed by atoms with Crippen LogP contribution in [0.15, 0.2) is 84.9 Å². The van der Waals surface area contributed by atoms with Crippen LogP contribution < -0.4 is 0 Å². The summed E-state index contributed by atoms with van der Waals surface area (Å²) < 4.78 is 0. The highest BCUT2D eigenvalue weighted by Gasteiger charge is 2.87. The van der Waals surface area contributed by atoms with Crippen LogP contribution >= 0.6 is 11.6 Å². The molecule has 0 aliphatic heterocycles. The highest BCUT2D eigenvalue weighted by molar-refractivity contribution is 6.30. The van der Waals surface area contributed by atoms with Crippen molar-refractivity contribution in [1.29, 1.82) is 0 Å². The molecule has 5 atom stereocenters. The molecular weight excluding hydrogens is 416 g/mol. The molecule has 0 N–H and O–H groups in total. The molecule has 0 heterocycles. The molecule has 0 bridgehead atoms. The van der Waals surface area contributed by atoms with Gasteiger partial charge in [0.05, 0.1) is 5.41 Å². The Kier molecular flexibility index (Phi) is 4.00. The molecule has 3 fully saturated rings. The minimum atomic E-state index is -0.734. The maximum absolute atomic E-state index is 14.3. The van der Waals surface area contributed by atoms with Crippen molar-refractivity contribution in [2.45, 2.75) is 31.6 Å². The number of rotatable bonds is 3. The molecular formula is C29H25ClO2. The van der Waals surface area contributed by atoms with Gasteiger partial charge >= 0.3 is 0 Å². The van der Waals surface area contributed by atoms with Crippen LogP contribution in [-0.4, -0.2) is 11.6 Å². The summed E-state index contributed by atoms with van der Waals surface area (Å²) in [6.45, 7) is 4.05. The van der Waals surface area contributed by atoms with Gasteiger partial charge in [0, 0.05) is 27.7 Å². The van der Waals surface area contributed by atoms with Crippen molar-refractivity contribution in [1.82, 2.24) is 0 Å². The summed E-state index contributed by atoms with van der Waals surface area (Å²) in [7, 11) is 0. The van der Waals surface area contributed by atoms with E-state index in [4.69, 9.17) is 11.6 Å². The van der Waals surface area contributed by atoms with E-state index in [-0.39, 0.29) is 29.3 Å². The molecule has 3 aromatic rings. The topological polar surface area (TPSA) is 34.1 Å². The van der Waals surface area contributed by atoms with Gasteiger partial charge in [-0.15, -0.1) is 0 Å². The molecule has 0 amide bonds. The lowest BCUT2D eigenvalue weighted by molar-refractivity contribution is -0.161. The van der Waals surface area contributed by atoms with E-state index < -0.39 is 16.2 Å². The minimum Gasteiger partial charge on any atom is -0.299 e. The second-order valence-corrected chi connectivity index (χ2v) is 10.6. The lowest BCUT2D eigenvalue weighted by atomic mass is 9.46. The van der Waals surface area contributed by atoms with Crippen molar-refractivity contribution in [2.24, 2.45) is 22.7 Å². The third-order valence-electron chi connectivity index (χ3n) is 8.85. The van der Waals surface area contributed by atoms with Gasteiger partial charge in [0.1, 0.15) is 11.6 Å². The van der Waals surface area contributed by atoms with Crippen LogP contribution in [0.1, 0.15) is 42.9 Å². The fourth-order valence-electron chi connectivity index (χ4n) is 7.30. The van der Waals surface area contributed by atoms with E-state index in [0.717, 1.165) is 23.1 Å². The number of halogens is 1. The number of fused-ring (bicyclic) bond motifs is 2. The highest BCUT2D eigenvalue weighted by atomic mass is 35.5. The predicted octanol–water partition coefficient (Wildman–Crippen LogP) is 6.22. The third kappa shape index (κ3) is 2.17. The van der Waals surface area contributed by atoms with Gasteiger partial charge < -0.3 is 0 Å². The van der Waals surface area contributed by atoms with Gasteiger partial charge in [-0.1, -0.05) is 98.2 Å². The Morgan fingerprint density at radius 1 is 0.750 bits per heavy atom. The Morgan fingerprint density at radius 2 is 1.28 bits per heavy atom. The smallest absolute Gasteiger partial charge is 0.145 e. The molecule has 2 nitrogen and oxygen atoms in total. The Labute approximate surface area is 193 Å². The average molecular weight is 441 g/mol. The first-order valence-corrected chi connectivity index (χ1v) is 11.7. The van der Waals surface area contributed by atoms with Crippen molar-refractivity contribution in [3.8, 4) is 0 Å². The molecule has 3 heteroatoms. The van der Waals surface area contributed by atoms with Crippen molar-refractivity contribution >= 4 is 23.2 Å². The second-order valence-electron chi connectivity index (χ2n) is 10.2. The summed E-state index contributed by atoms with van der Waals surface area (Å²) >= 11 is 6.10. The quantitative estimate of drug-likeness (QED) is 0.484. The van der Waals surface area contributed by atoms with Crippen LogP contribution in [0, 0.1) is 22.7 Å². The first-order valence-electron chi connectivity index (χ1n) is 11.3. The molecule has 0 spiro atoms. The van der Waals surface area contributed by atoms with Crippen molar-refractivity contribution in [3.63, 3.8) is 0 Å². The number of carbonyl (C=O) groups excluding carboxylic acids is 2. The molecule has 0 aromatic heterocycles. The molecule has 3 saturated carbocycles. The molecule has 3 aliphatic carbocycles. The van der Waals surface area contributed by atoms with Crippen LogP contribution in [0.25, 0.3) is 0 Å². The van der Waals surface area contributed by atoms with E-state index >= 15 is 0 Å². The summed E-state index contributed by atoms with van der Waals surface area (Å²) in [5.74, 6) is -0.0474. The number of hydrogen-bond donors (Lipinski definition) is 0. The zero-order valence-corrected chi connectivity index (χ0v) is 19.0. The number of benzene rings is 3. The summed E-state index contributed by atoms with van der Waals surface area (Å²) in [5, 5.41) is 0.684. The van der Waals surface area contributed by atoms with Gasteiger partial charge in [-0.25, -0.2) is 0 Å². The third-order valence-corrected chi connectivity index (χ3v) is 9.11. The van der Waals surface area contributed by atoms with Crippen LogP contribution in [0.3, 0.4) is 0 Å². The Hall–Kier alpha value is -2.71. The zero-order valence-electron chi connectivity index (χ0n) is 18.2. The number of Topliss-reactive ketones (excluding diaryl/α,β-unsaturated/α-hetero) is 2. The van der Waals surface area contributed by atoms with Gasteiger partial charge in [-0.05, 0) is 41.2 Å². The van der Waals surface area contributed by atoms with Crippen LogP contribution in [0.5, 0.6) is 0 Å². The van der Waals surface area contributed by atoms with E-state index in [9.17, 15) is 9.59 Å². The molecule has 0 radical (unpaired) electrons. The monoisotopic (exact) mass is 440 g/mol. The molecule has 0 saturated heterocycles. The maximum atomic E-state index is 14.3. The lowest BCUT2D eigenvalue weighted by Crippen LogP contribution is -2.59. The molecule has 3 aliphatic rings. The largest absolute Gasteiger partial charge is 0.299 e. The fraction of sp³-hybridized carbons (Fsp3) is 0.310. The first-order chi connectivity index (χ1) is 15.4. The standard InChI is InChI=1S/C29H25ClO2/c1-27-17-22(18-13-15-21(30)16-14-18)23(27)25(31)28(2)24(26(27)32)29(28,19-9-5-3-6-10-19)20-11-7-4-8-12-20/h3-16,22-24H,17H2,1-2H3/t22-,23+,24-,27+,28-/m1/s1. The molecule has 6 rings (SSSR count). The molecule has 0 unspecified atom stereocenters. The maximum Gasteiger partial charge on any atom is 0.145 e. The zero-order chi connectivity index (χ0) is 22.3. The molecule has 160 valence electrons. The van der Waals surface area contributed by atoms with Gasteiger partial charge in [0.15, 0.2) is 0 Å². The summed E-state index contributed by atoms with van der Waals surface area (Å²) in [6, 6.07) is 28.1. The summed E-state index contributed by atoms with van der Waals surface area (Å²) in [4.78, 5) is 28.5. The van der Waals surface area contributed by atoms with Crippen molar-refractivity contribution in [2.75, 3.05) is 0 Å². The highest BCUT2D eigenvalue weighted by Crippen LogP contribution is 2.81. The summed E-state index contributed by atoms with van der Waals surface area (Å²) in [6.07, 6.45) is 0.718. The van der Waals surface area contributed by atoms with E-state index in [0.29, 0.717) is 5.02 Å². The van der Waals surface area contributed by atoms with Gasteiger partial charge in [0.25, 0.3) is 0 Å². The average Bonchev–Trinajstić information content (AvgIpc) is 3.40. The molecule has 3 aromatic carbocycles. The van der Waals surface area contributed by atoms with E-state index in [1.165, 1.54) is 0 Å². The van der Waals surface area contributed by atoms with E-state index in [1.807, 2.05) is 74.5 Å². The minimum absolute atomic E-state index is 0.0661. The van der Waals surface area contributed by atoms with Gasteiger partial charge in [0.2, 0.25) is 0 Å². The Balaban J connectivity index is 1.52. The lowest BCUT2D eigenvalue weighted by Gasteiger charge is -2.55. The number of hydrogen-bond acceptors (Lipinski definition) is 2. The number of ketones is 2. The Bertz CT molecular complexity index is 1190. The van der Waals surface area contributed by atoms with Crippen LogP contribution in [0.2, 0.25) is 5.02 Å². The first kappa shape index (κ1) is 19.9. The predicted molar refractivity (Wildman–Crippen MR) is 126 cm³/mol. The van der Waals surface area contributed by atoms with Crippen LogP contribution in [-0.2, 0) is 15.0 Å². The second kappa shape index (κ2) is 6.42. The Morgan fingerprint density at radius 3 is 1.81 bits per heavy atom. The summed E-state index contributed by atoms with van der Waals surface area (Å²) in [5.41, 5.74) is 1.29. The number of carbonyl (C=O) groups is 2. The molecule has 32 heavy (non-hydrogen) atoms. The van der Waals surface area contributed by atoms with E-state index in [2.05, 4.69) is 24.3 Å². The fourth-order valence-corrected chi connectivity index (χ4v) is 7.43.